The number of rotatable bonds is 5. The molecule has 0 aromatic carbocycles. The molecule has 0 aliphatic rings. The van der Waals surface area contributed by atoms with Gasteiger partial charge in [0, 0.05) is 33.0 Å². The van der Waals surface area contributed by atoms with E-state index in [0.717, 1.165) is 12.0 Å². The summed E-state index contributed by atoms with van der Waals surface area (Å²) in [5.74, 6) is -0.200. The quantitative estimate of drug-likeness (QED) is 0.773. The maximum atomic E-state index is 11.4. The molecular formula is C12H18N4O2. The first-order chi connectivity index (χ1) is 8.59. The van der Waals surface area contributed by atoms with E-state index in [9.17, 15) is 9.59 Å². The Morgan fingerprint density at radius 2 is 2.11 bits per heavy atom. The fourth-order valence-corrected chi connectivity index (χ4v) is 1.27. The van der Waals surface area contributed by atoms with Crippen LogP contribution in [0.25, 0.3) is 0 Å². The lowest BCUT2D eigenvalue weighted by atomic mass is 10.2. The van der Waals surface area contributed by atoms with E-state index < -0.39 is 0 Å². The minimum atomic E-state index is -0.280. The highest BCUT2D eigenvalue weighted by atomic mass is 16.2. The van der Waals surface area contributed by atoms with Gasteiger partial charge < -0.3 is 15.5 Å². The van der Waals surface area contributed by atoms with E-state index in [2.05, 4.69) is 15.6 Å². The van der Waals surface area contributed by atoms with Crippen LogP contribution in [-0.4, -0.2) is 49.0 Å². The Morgan fingerprint density at radius 3 is 2.72 bits per heavy atom. The van der Waals surface area contributed by atoms with Gasteiger partial charge in [0.15, 0.2) is 0 Å². The third-order valence-electron chi connectivity index (χ3n) is 2.26. The van der Waals surface area contributed by atoms with Crippen molar-refractivity contribution in [2.45, 2.75) is 6.42 Å². The summed E-state index contributed by atoms with van der Waals surface area (Å²) in [5.41, 5.74) is 1.06. The van der Waals surface area contributed by atoms with Crippen molar-refractivity contribution >= 4 is 11.9 Å². The molecule has 0 bridgehead atoms. The van der Waals surface area contributed by atoms with Crippen molar-refractivity contribution in [1.29, 1.82) is 0 Å². The molecule has 6 heteroatoms. The first kappa shape index (κ1) is 14.0. The Hall–Kier alpha value is -2.11. The van der Waals surface area contributed by atoms with Gasteiger partial charge in [-0.1, -0.05) is 6.07 Å². The first-order valence-electron chi connectivity index (χ1n) is 5.70. The van der Waals surface area contributed by atoms with Crippen molar-refractivity contribution in [3.8, 4) is 0 Å². The van der Waals surface area contributed by atoms with E-state index >= 15 is 0 Å². The number of carbonyl (C=O) groups excluding carboxylic acids is 2. The molecule has 0 spiro atoms. The number of pyridine rings is 1. The molecule has 1 aromatic heterocycles. The van der Waals surface area contributed by atoms with Crippen LogP contribution >= 0.6 is 0 Å². The molecule has 0 fully saturated rings. The smallest absolute Gasteiger partial charge is 0.317 e. The van der Waals surface area contributed by atoms with Gasteiger partial charge in [0.25, 0.3) is 0 Å². The van der Waals surface area contributed by atoms with Crippen molar-refractivity contribution in [3.05, 3.63) is 30.1 Å². The zero-order valence-electron chi connectivity index (χ0n) is 10.6. The average molecular weight is 250 g/mol. The van der Waals surface area contributed by atoms with E-state index in [1.165, 1.54) is 4.90 Å². The molecule has 98 valence electrons. The second-order valence-electron chi connectivity index (χ2n) is 4.01. The van der Waals surface area contributed by atoms with Gasteiger partial charge in [-0.3, -0.25) is 9.78 Å². The maximum Gasteiger partial charge on any atom is 0.317 e. The summed E-state index contributed by atoms with van der Waals surface area (Å²) >= 11 is 0. The van der Waals surface area contributed by atoms with Crippen LogP contribution in [0.3, 0.4) is 0 Å². The van der Waals surface area contributed by atoms with Crippen molar-refractivity contribution in [2.24, 2.45) is 0 Å². The van der Waals surface area contributed by atoms with Gasteiger partial charge in [-0.2, -0.15) is 0 Å². The highest BCUT2D eigenvalue weighted by molar-refractivity contribution is 5.83. The maximum absolute atomic E-state index is 11.4. The molecule has 0 aliphatic heterocycles. The topological polar surface area (TPSA) is 74.3 Å². The fraction of sp³-hybridized carbons (Fsp3) is 0.417. The Balaban J connectivity index is 2.16. The highest BCUT2D eigenvalue weighted by Crippen LogP contribution is 1.95. The molecule has 2 N–H and O–H groups in total. The van der Waals surface area contributed by atoms with E-state index in [4.69, 9.17) is 0 Å². The van der Waals surface area contributed by atoms with Crippen LogP contribution in [0.5, 0.6) is 0 Å². The fourth-order valence-electron chi connectivity index (χ4n) is 1.27. The summed E-state index contributed by atoms with van der Waals surface area (Å²) in [4.78, 5) is 27.9. The Labute approximate surface area is 106 Å². The van der Waals surface area contributed by atoms with Crippen LogP contribution < -0.4 is 10.6 Å². The molecule has 1 aromatic rings. The lowest BCUT2D eigenvalue weighted by molar-refractivity contribution is -0.120. The normalized spacial score (nSPS) is 9.67. The van der Waals surface area contributed by atoms with Gasteiger partial charge in [-0.05, 0) is 18.1 Å². The number of nitrogens with zero attached hydrogens (tertiary/aromatic N) is 2. The summed E-state index contributed by atoms with van der Waals surface area (Å²) in [6, 6.07) is 3.53. The standard InChI is InChI=1S/C12H18N4O2/c1-16(2)12(18)15-9-11(17)14-7-5-10-4-3-6-13-8-10/h3-4,6,8H,5,7,9H2,1-2H3,(H,14,17)(H,15,18). The Morgan fingerprint density at radius 1 is 1.33 bits per heavy atom. The minimum Gasteiger partial charge on any atom is -0.354 e. The van der Waals surface area contributed by atoms with E-state index in [1.807, 2.05) is 12.1 Å². The molecular weight excluding hydrogens is 232 g/mol. The number of aromatic nitrogens is 1. The minimum absolute atomic E-state index is 0.00987. The molecule has 0 atom stereocenters. The van der Waals surface area contributed by atoms with Gasteiger partial charge >= 0.3 is 6.03 Å². The van der Waals surface area contributed by atoms with Crippen molar-refractivity contribution in [1.82, 2.24) is 20.5 Å². The third-order valence-corrected chi connectivity index (χ3v) is 2.26. The van der Waals surface area contributed by atoms with Gasteiger partial charge in [0.2, 0.25) is 5.91 Å². The summed E-state index contributed by atoms with van der Waals surface area (Å²) in [6.07, 6.45) is 4.19. The second-order valence-corrected chi connectivity index (χ2v) is 4.01. The molecule has 18 heavy (non-hydrogen) atoms. The number of amides is 3. The highest BCUT2D eigenvalue weighted by Gasteiger charge is 2.05. The van der Waals surface area contributed by atoms with Crippen LogP contribution in [0.2, 0.25) is 0 Å². The molecule has 0 radical (unpaired) electrons. The van der Waals surface area contributed by atoms with Crippen LogP contribution in [0, 0.1) is 0 Å². The lowest BCUT2D eigenvalue weighted by Gasteiger charge is -2.11. The molecule has 1 rings (SSSR count). The summed E-state index contributed by atoms with van der Waals surface area (Å²) < 4.78 is 0. The zero-order valence-corrected chi connectivity index (χ0v) is 10.6. The van der Waals surface area contributed by atoms with Crippen molar-refractivity contribution in [3.63, 3.8) is 0 Å². The SMILES string of the molecule is CN(C)C(=O)NCC(=O)NCCc1cccnc1. The summed E-state index contributed by atoms with van der Waals surface area (Å²) in [7, 11) is 3.24. The number of hydrogen-bond acceptors (Lipinski definition) is 3. The number of carbonyl (C=O) groups is 2. The first-order valence-corrected chi connectivity index (χ1v) is 5.70. The number of urea groups is 1. The molecule has 0 aliphatic carbocycles. The Bertz CT molecular complexity index is 392. The van der Waals surface area contributed by atoms with Gasteiger partial charge in [-0.15, -0.1) is 0 Å². The molecule has 1 heterocycles. The predicted molar refractivity (Wildman–Crippen MR) is 68.0 cm³/mol. The van der Waals surface area contributed by atoms with E-state index in [-0.39, 0.29) is 18.5 Å². The average Bonchev–Trinajstić information content (AvgIpc) is 2.37. The van der Waals surface area contributed by atoms with Gasteiger partial charge in [0.05, 0.1) is 6.54 Å². The molecule has 3 amide bonds. The number of nitrogens with one attached hydrogen (secondary N) is 2. The Kier molecular flexibility index (Phi) is 5.63. The van der Waals surface area contributed by atoms with Gasteiger partial charge in [-0.25, -0.2) is 4.79 Å². The summed E-state index contributed by atoms with van der Waals surface area (Å²) in [6.45, 7) is 0.520. The summed E-state index contributed by atoms with van der Waals surface area (Å²) in [5, 5.41) is 5.22. The third kappa shape index (κ3) is 5.29. The molecule has 6 nitrogen and oxygen atoms in total. The number of hydrogen-bond donors (Lipinski definition) is 2. The molecule has 0 unspecified atom stereocenters. The lowest BCUT2D eigenvalue weighted by Crippen LogP contribution is -2.41. The van der Waals surface area contributed by atoms with Crippen LogP contribution in [-0.2, 0) is 11.2 Å². The van der Waals surface area contributed by atoms with Crippen LogP contribution in [0.4, 0.5) is 4.79 Å². The van der Waals surface area contributed by atoms with Crippen molar-refractivity contribution < 1.29 is 9.59 Å². The van der Waals surface area contributed by atoms with E-state index in [1.54, 1.807) is 26.5 Å². The van der Waals surface area contributed by atoms with Crippen LogP contribution in [0.15, 0.2) is 24.5 Å². The van der Waals surface area contributed by atoms with Gasteiger partial charge in [0.1, 0.15) is 0 Å². The molecule has 0 saturated heterocycles. The van der Waals surface area contributed by atoms with E-state index in [0.29, 0.717) is 6.54 Å². The second kappa shape index (κ2) is 7.26. The zero-order chi connectivity index (χ0) is 13.4. The van der Waals surface area contributed by atoms with Crippen molar-refractivity contribution in [2.75, 3.05) is 27.2 Å². The predicted octanol–water partition coefficient (Wildman–Crippen LogP) is 0.0115. The molecule has 0 saturated carbocycles. The largest absolute Gasteiger partial charge is 0.354 e. The van der Waals surface area contributed by atoms with Crippen LogP contribution in [0.1, 0.15) is 5.56 Å². The monoisotopic (exact) mass is 250 g/mol.